The van der Waals surface area contributed by atoms with E-state index in [2.05, 4.69) is 5.32 Å². The van der Waals surface area contributed by atoms with Gasteiger partial charge >= 0.3 is 5.97 Å². The molecule has 2 N–H and O–H groups in total. The van der Waals surface area contributed by atoms with Crippen LogP contribution in [0.5, 0.6) is 0 Å². The molecule has 1 aromatic heterocycles. The minimum atomic E-state index is -1.22. The number of carbonyl (C=O) groups is 2. The van der Waals surface area contributed by atoms with E-state index in [9.17, 15) is 9.59 Å². The van der Waals surface area contributed by atoms with Crippen LogP contribution in [0.4, 0.5) is 0 Å². The summed E-state index contributed by atoms with van der Waals surface area (Å²) in [6.07, 6.45) is 0.231. The first-order chi connectivity index (χ1) is 7.31. The molecule has 0 atom stereocenters. The van der Waals surface area contributed by atoms with Crippen molar-refractivity contribution in [1.82, 2.24) is 5.32 Å². The summed E-state index contributed by atoms with van der Waals surface area (Å²) in [5.74, 6) is -1.31. The number of amides is 1. The standard InChI is InChI=1S/C11H15NO3S/c1-7-4-5-8(16-7)6-9(13)12-11(2,3)10(14)15/h4-5H,6H2,1-3H3,(H,12,13)(H,14,15). The summed E-state index contributed by atoms with van der Waals surface area (Å²) in [4.78, 5) is 24.5. The van der Waals surface area contributed by atoms with Gasteiger partial charge in [-0.05, 0) is 32.9 Å². The first kappa shape index (κ1) is 12.7. The number of carboxylic acids is 1. The van der Waals surface area contributed by atoms with Crippen LogP contribution >= 0.6 is 11.3 Å². The van der Waals surface area contributed by atoms with Gasteiger partial charge in [0, 0.05) is 9.75 Å². The van der Waals surface area contributed by atoms with E-state index < -0.39 is 11.5 Å². The molecular formula is C11H15NO3S. The lowest BCUT2D eigenvalue weighted by atomic mass is 10.1. The van der Waals surface area contributed by atoms with Crippen LogP contribution in [0.2, 0.25) is 0 Å². The van der Waals surface area contributed by atoms with Crippen molar-refractivity contribution in [2.24, 2.45) is 0 Å². The highest BCUT2D eigenvalue weighted by molar-refractivity contribution is 7.12. The molecule has 0 unspecified atom stereocenters. The molecule has 1 heterocycles. The summed E-state index contributed by atoms with van der Waals surface area (Å²) in [5, 5.41) is 11.3. The molecule has 5 heteroatoms. The third kappa shape index (κ3) is 3.34. The Bertz CT molecular complexity index is 409. The fourth-order valence-electron chi connectivity index (χ4n) is 1.18. The molecule has 0 aromatic carbocycles. The van der Waals surface area contributed by atoms with Crippen LogP contribution in [-0.4, -0.2) is 22.5 Å². The van der Waals surface area contributed by atoms with Gasteiger partial charge in [0.05, 0.1) is 6.42 Å². The molecule has 0 saturated carbocycles. The first-order valence-corrected chi connectivity index (χ1v) is 5.72. The predicted molar refractivity (Wildman–Crippen MR) is 62.6 cm³/mol. The Morgan fingerprint density at radius 1 is 1.44 bits per heavy atom. The van der Waals surface area contributed by atoms with Gasteiger partial charge in [-0.15, -0.1) is 11.3 Å². The lowest BCUT2D eigenvalue weighted by molar-refractivity contribution is -0.145. The maximum absolute atomic E-state index is 11.6. The topological polar surface area (TPSA) is 66.4 Å². The van der Waals surface area contributed by atoms with Gasteiger partial charge in [0.25, 0.3) is 0 Å². The van der Waals surface area contributed by atoms with Gasteiger partial charge in [-0.3, -0.25) is 4.79 Å². The highest BCUT2D eigenvalue weighted by Crippen LogP contribution is 2.15. The molecular weight excluding hydrogens is 226 g/mol. The molecule has 0 radical (unpaired) electrons. The van der Waals surface area contributed by atoms with Crippen molar-refractivity contribution in [2.75, 3.05) is 0 Å². The quantitative estimate of drug-likeness (QED) is 0.841. The molecule has 1 rings (SSSR count). The van der Waals surface area contributed by atoms with Gasteiger partial charge in [-0.25, -0.2) is 4.79 Å². The Kier molecular flexibility index (Phi) is 3.70. The fourth-order valence-corrected chi connectivity index (χ4v) is 2.07. The van der Waals surface area contributed by atoms with E-state index in [-0.39, 0.29) is 12.3 Å². The van der Waals surface area contributed by atoms with Crippen LogP contribution in [0.3, 0.4) is 0 Å². The lowest BCUT2D eigenvalue weighted by Crippen LogP contribution is -2.50. The Balaban J connectivity index is 2.58. The van der Waals surface area contributed by atoms with Gasteiger partial charge < -0.3 is 10.4 Å². The molecule has 0 fully saturated rings. The summed E-state index contributed by atoms with van der Waals surface area (Å²) in [6, 6.07) is 3.82. The second-order valence-electron chi connectivity index (χ2n) is 4.17. The molecule has 16 heavy (non-hydrogen) atoms. The second kappa shape index (κ2) is 4.65. The molecule has 0 spiro atoms. The van der Waals surface area contributed by atoms with E-state index in [1.54, 1.807) is 11.3 Å². The molecule has 0 aliphatic carbocycles. The van der Waals surface area contributed by atoms with E-state index in [1.807, 2.05) is 19.1 Å². The van der Waals surface area contributed by atoms with Crippen molar-refractivity contribution < 1.29 is 14.7 Å². The van der Waals surface area contributed by atoms with Gasteiger partial charge in [-0.1, -0.05) is 0 Å². The number of rotatable bonds is 4. The van der Waals surface area contributed by atoms with Crippen LogP contribution in [0.15, 0.2) is 12.1 Å². The number of hydrogen-bond donors (Lipinski definition) is 2. The highest BCUT2D eigenvalue weighted by Gasteiger charge is 2.28. The number of carboxylic acid groups (broad SMARTS) is 1. The average molecular weight is 241 g/mol. The summed E-state index contributed by atoms with van der Waals surface area (Å²) in [6.45, 7) is 4.90. The van der Waals surface area contributed by atoms with E-state index in [0.717, 1.165) is 9.75 Å². The van der Waals surface area contributed by atoms with Gasteiger partial charge in [0.2, 0.25) is 5.91 Å². The largest absolute Gasteiger partial charge is 0.480 e. The summed E-state index contributed by atoms with van der Waals surface area (Å²) < 4.78 is 0. The van der Waals surface area contributed by atoms with E-state index in [0.29, 0.717) is 0 Å². The monoisotopic (exact) mass is 241 g/mol. The zero-order chi connectivity index (χ0) is 12.3. The molecule has 4 nitrogen and oxygen atoms in total. The SMILES string of the molecule is Cc1ccc(CC(=O)NC(C)(C)C(=O)O)s1. The maximum atomic E-state index is 11.6. The normalized spacial score (nSPS) is 11.2. The van der Waals surface area contributed by atoms with Crippen LogP contribution in [0.25, 0.3) is 0 Å². The van der Waals surface area contributed by atoms with Crippen LogP contribution in [0.1, 0.15) is 23.6 Å². The van der Waals surface area contributed by atoms with Gasteiger partial charge in [0.1, 0.15) is 5.54 Å². The smallest absolute Gasteiger partial charge is 0.328 e. The number of nitrogens with one attached hydrogen (secondary N) is 1. The van der Waals surface area contributed by atoms with Gasteiger partial charge in [-0.2, -0.15) is 0 Å². The maximum Gasteiger partial charge on any atom is 0.328 e. The Hall–Kier alpha value is -1.36. The van der Waals surface area contributed by atoms with Crippen LogP contribution in [-0.2, 0) is 16.0 Å². The zero-order valence-corrected chi connectivity index (χ0v) is 10.4. The molecule has 1 amide bonds. The second-order valence-corrected chi connectivity index (χ2v) is 5.54. The van der Waals surface area contributed by atoms with Gasteiger partial charge in [0.15, 0.2) is 0 Å². The minimum absolute atomic E-state index is 0.231. The van der Waals surface area contributed by atoms with E-state index >= 15 is 0 Å². The summed E-state index contributed by atoms with van der Waals surface area (Å²) in [5.41, 5.74) is -1.22. The number of carbonyl (C=O) groups excluding carboxylic acids is 1. The summed E-state index contributed by atoms with van der Waals surface area (Å²) >= 11 is 1.54. The van der Waals surface area contributed by atoms with E-state index in [1.165, 1.54) is 13.8 Å². The van der Waals surface area contributed by atoms with Crippen LogP contribution < -0.4 is 5.32 Å². The van der Waals surface area contributed by atoms with Crippen molar-refractivity contribution in [1.29, 1.82) is 0 Å². The summed E-state index contributed by atoms with van der Waals surface area (Å²) in [7, 11) is 0. The number of hydrogen-bond acceptors (Lipinski definition) is 3. The first-order valence-electron chi connectivity index (χ1n) is 4.91. The lowest BCUT2D eigenvalue weighted by Gasteiger charge is -2.20. The highest BCUT2D eigenvalue weighted by atomic mass is 32.1. The molecule has 0 bridgehead atoms. The van der Waals surface area contributed by atoms with Crippen molar-refractivity contribution in [2.45, 2.75) is 32.7 Å². The molecule has 0 saturated heterocycles. The Labute approximate surface area is 98.3 Å². The number of thiophene rings is 1. The fraction of sp³-hybridized carbons (Fsp3) is 0.455. The predicted octanol–water partition coefficient (Wildman–Crippen LogP) is 1.58. The Morgan fingerprint density at radius 3 is 2.50 bits per heavy atom. The van der Waals surface area contributed by atoms with Crippen molar-refractivity contribution in [3.63, 3.8) is 0 Å². The van der Waals surface area contributed by atoms with Crippen molar-refractivity contribution >= 4 is 23.2 Å². The third-order valence-electron chi connectivity index (χ3n) is 2.12. The minimum Gasteiger partial charge on any atom is -0.480 e. The number of aryl methyl sites for hydroxylation is 1. The molecule has 88 valence electrons. The van der Waals surface area contributed by atoms with Crippen molar-refractivity contribution in [3.8, 4) is 0 Å². The van der Waals surface area contributed by atoms with Crippen LogP contribution in [0, 0.1) is 6.92 Å². The van der Waals surface area contributed by atoms with E-state index in [4.69, 9.17) is 5.11 Å². The number of aliphatic carboxylic acids is 1. The molecule has 0 aliphatic rings. The van der Waals surface area contributed by atoms with Crippen molar-refractivity contribution in [3.05, 3.63) is 21.9 Å². The molecule has 0 aliphatic heterocycles. The zero-order valence-electron chi connectivity index (χ0n) is 9.53. The Morgan fingerprint density at radius 2 is 2.06 bits per heavy atom. The molecule has 1 aromatic rings. The third-order valence-corrected chi connectivity index (χ3v) is 3.12. The average Bonchev–Trinajstić information content (AvgIpc) is 2.49.